The molecule has 1 saturated heterocycles. The second kappa shape index (κ2) is 9.03. The van der Waals surface area contributed by atoms with Crippen LogP contribution in [0.15, 0.2) is 47.8 Å². The molecule has 0 aliphatic carbocycles. The van der Waals surface area contributed by atoms with E-state index in [1.165, 1.54) is 0 Å². The van der Waals surface area contributed by atoms with Gasteiger partial charge in [0.15, 0.2) is 0 Å². The first-order valence-electron chi connectivity index (χ1n) is 10.4. The van der Waals surface area contributed by atoms with Crippen molar-refractivity contribution in [3.63, 3.8) is 0 Å². The number of carbonyl (C=O) groups excluding carboxylic acids is 2. The number of para-hydroxylation sites is 1. The van der Waals surface area contributed by atoms with Gasteiger partial charge in [0.1, 0.15) is 6.04 Å². The molecule has 0 bridgehead atoms. The molecule has 2 aromatic heterocycles. The number of benzene rings is 1. The summed E-state index contributed by atoms with van der Waals surface area (Å²) in [4.78, 5) is 30.7. The molecule has 7 nitrogen and oxygen atoms in total. The lowest BCUT2D eigenvalue weighted by Crippen LogP contribution is -2.53. The molecule has 0 spiro atoms. The highest BCUT2D eigenvalue weighted by molar-refractivity contribution is 7.09. The van der Waals surface area contributed by atoms with Gasteiger partial charge in [-0.15, -0.1) is 11.3 Å². The Morgan fingerprint density at radius 1 is 1.23 bits per heavy atom. The van der Waals surface area contributed by atoms with Crippen molar-refractivity contribution < 1.29 is 9.59 Å². The Kier molecular flexibility index (Phi) is 6.20. The van der Waals surface area contributed by atoms with Crippen molar-refractivity contribution in [1.82, 2.24) is 24.9 Å². The number of piperazine rings is 1. The molecule has 2 amide bonds. The number of hydrogen-bond acceptors (Lipinski definition) is 5. The van der Waals surface area contributed by atoms with Gasteiger partial charge in [0.2, 0.25) is 11.8 Å². The largest absolute Gasteiger partial charge is 0.353 e. The zero-order valence-corrected chi connectivity index (χ0v) is 18.9. The van der Waals surface area contributed by atoms with Gasteiger partial charge in [-0.2, -0.15) is 5.10 Å². The number of amides is 2. The molecule has 1 aliphatic rings. The van der Waals surface area contributed by atoms with Gasteiger partial charge in [0, 0.05) is 36.3 Å². The monoisotopic (exact) mass is 437 g/mol. The Morgan fingerprint density at radius 2 is 2.00 bits per heavy atom. The molecule has 0 radical (unpaired) electrons. The summed E-state index contributed by atoms with van der Waals surface area (Å²) in [7, 11) is 1.81. The molecular weight excluding hydrogens is 410 g/mol. The second-order valence-corrected chi connectivity index (χ2v) is 8.86. The third-order valence-corrected chi connectivity index (χ3v) is 6.53. The molecule has 162 valence electrons. The van der Waals surface area contributed by atoms with E-state index in [4.69, 9.17) is 5.10 Å². The smallest absolute Gasteiger partial charge is 0.242 e. The minimum atomic E-state index is -0.537. The fourth-order valence-electron chi connectivity index (χ4n) is 4.09. The molecule has 0 unspecified atom stereocenters. The Morgan fingerprint density at radius 3 is 2.71 bits per heavy atom. The number of nitrogens with one attached hydrogen (secondary N) is 1. The van der Waals surface area contributed by atoms with Crippen LogP contribution >= 0.6 is 11.3 Å². The number of rotatable bonds is 6. The summed E-state index contributed by atoms with van der Waals surface area (Å²) in [5.74, 6) is -0.0855. The molecule has 3 heterocycles. The van der Waals surface area contributed by atoms with Crippen LogP contribution in [-0.4, -0.2) is 58.1 Å². The molecule has 1 N–H and O–H groups in total. The van der Waals surface area contributed by atoms with Crippen LogP contribution in [0.5, 0.6) is 0 Å². The summed E-state index contributed by atoms with van der Waals surface area (Å²) < 4.78 is 1.87. The molecular formula is C23H27N5O2S. The van der Waals surface area contributed by atoms with Crippen molar-refractivity contribution in [3.8, 4) is 5.69 Å². The first kappa shape index (κ1) is 21.3. The lowest BCUT2D eigenvalue weighted by molar-refractivity contribution is -0.136. The summed E-state index contributed by atoms with van der Waals surface area (Å²) in [5, 5.41) is 9.68. The SMILES string of the molecule is Cc1nn(-c2ccccc2)c(C)c1[C@@H]1C(=O)NCCN1CC(=O)N(C)Cc1cccs1. The fourth-order valence-corrected chi connectivity index (χ4v) is 4.85. The number of carbonyl (C=O) groups is 2. The van der Waals surface area contributed by atoms with Gasteiger partial charge in [-0.05, 0) is 37.4 Å². The first-order chi connectivity index (χ1) is 15.0. The van der Waals surface area contributed by atoms with Crippen molar-refractivity contribution in [2.24, 2.45) is 0 Å². The van der Waals surface area contributed by atoms with Gasteiger partial charge in [-0.3, -0.25) is 14.5 Å². The van der Waals surface area contributed by atoms with Crippen molar-refractivity contribution in [2.45, 2.75) is 26.4 Å². The Hall–Kier alpha value is -2.97. The maximum absolute atomic E-state index is 13.0. The van der Waals surface area contributed by atoms with Crippen molar-refractivity contribution >= 4 is 23.2 Å². The van der Waals surface area contributed by atoms with Crippen molar-refractivity contribution in [1.29, 1.82) is 0 Å². The molecule has 1 aromatic carbocycles. The number of hydrogen-bond donors (Lipinski definition) is 1. The van der Waals surface area contributed by atoms with Crippen molar-refractivity contribution in [3.05, 3.63) is 69.7 Å². The van der Waals surface area contributed by atoms with Crippen LogP contribution in [0, 0.1) is 13.8 Å². The van der Waals surface area contributed by atoms with E-state index in [0.717, 1.165) is 27.5 Å². The molecule has 1 atom stereocenters. The average Bonchev–Trinajstić information content (AvgIpc) is 3.37. The van der Waals surface area contributed by atoms with E-state index in [1.807, 2.05) is 78.3 Å². The zero-order valence-electron chi connectivity index (χ0n) is 18.0. The van der Waals surface area contributed by atoms with Gasteiger partial charge in [0.05, 0.1) is 24.5 Å². The Labute approximate surface area is 186 Å². The van der Waals surface area contributed by atoms with E-state index in [-0.39, 0.29) is 18.4 Å². The third-order valence-electron chi connectivity index (χ3n) is 5.67. The minimum Gasteiger partial charge on any atom is -0.353 e. The van der Waals surface area contributed by atoms with Crippen LogP contribution in [0.25, 0.3) is 5.69 Å². The number of nitrogens with zero attached hydrogens (tertiary/aromatic N) is 4. The van der Waals surface area contributed by atoms with E-state index in [1.54, 1.807) is 16.2 Å². The maximum Gasteiger partial charge on any atom is 0.242 e. The lowest BCUT2D eigenvalue weighted by Gasteiger charge is -2.35. The summed E-state index contributed by atoms with van der Waals surface area (Å²) in [6.07, 6.45) is 0. The van der Waals surface area contributed by atoms with Crippen LogP contribution in [0.4, 0.5) is 0 Å². The summed E-state index contributed by atoms with van der Waals surface area (Å²) in [6, 6.07) is 13.3. The molecule has 1 aliphatic heterocycles. The normalized spacial score (nSPS) is 16.9. The highest BCUT2D eigenvalue weighted by Crippen LogP contribution is 2.30. The standard InChI is InChI=1S/C23H27N5O2S/c1-16-21(17(2)28(25-16)18-8-5-4-6-9-18)22-23(30)24-11-12-27(22)15-20(29)26(3)14-19-10-7-13-31-19/h4-10,13,22H,11-12,14-15H2,1-3H3,(H,24,30)/t22-/m1/s1. The average molecular weight is 438 g/mol. The van der Waals surface area contributed by atoms with Crippen LogP contribution in [0.2, 0.25) is 0 Å². The summed E-state index contributed by atoms with van der Waals surface area (Å²) in [6.45, 7) is 5.81. The van der Waals surface area contributed by atoms with Crippen LogP contribution < -0.4 is 5.32 Å². The zero-order chi connectivity index (χ0) is 22.0. The van der Waals surface area contributed by atoms with Gasteiger partial charge >= 0.3 is 0 Å². The maximum atomic E-state index is 13.0. The highest BCUT2D eigenvalue weighted by atomic mass is 32.1. The van der Waals surface area contributed by atoms with Crippen LogP contribution in [-0.2, 0) is 16.1 Å². The predicted octanol–water partition coefficient (Wildman–Crippen LogP) is 2.68. The van der Waals surface area contributed by atoms with E-state index < -0.39 is 6.04 Å². The van der Waals surface area contributed by atoms with Gasteiger partial charge in [-0.1, -0.05) is 24.3 Å². The first-order valence-corrected chi connectivity index (χ1v) is 11.2. The van der Waals surface area contributed by atoms with E-state index >= 15 is 0 Å². The lowest BCUT2D eigenvalue weighted by atomic mass is 10.00. The van der Waals surface area contributed by atoms with E-state index in [0.29, 0.717) is 19.6 Å². The van der Waals surface area contributed by atoms with Crippen LogP contribution in [0.3, 0.4) is 0 Å². The number of likely N-dealkylation sites (N-methyl/N-ethyl adjacent to an activating group) is 1. The van der Waals surface area contributed by atoms with Crippen LogP contribution in [0.1, 0.15) is 27.9 Å². The fraction of sp³-hybridized carbons (Fsp3) is 0.348. The quantitative estimate of drug-likeness (QED) is 0.644. The topological polar surface area (TPSA) is 70.5 Å². The molecule has 3 aromatic rings. The summed E-state index contributed by atoms with van der Waals surface area (Å²) >= 11 is 1.63. The molecule has 31 heavy (non-hydrogen) atoms. The highest BCUT2D eigenvalue weighted by Gasteiger charge is 2.36. The predicted molar refractivity (Wildman–Crippen MR) is 121 cm³/mol. The Bertz CT molecular complexity index is 1060. The van der Waals surface area contributed by atoms with Gasteiger partial charge in [0.25, 0.3) is 0 Å². The van der Waals surface area contributed by atoms with Gasteiger partial charge in [-0.25, -0.2) is 4.68 Å². The molecule has 8 heteroatoms. The molecule has 1 fully saturated rings. The third kappa shape index (κ3) is 4.40. The Balaban J connectivity index is 1.59. The van der Waals surface area contributed by atoms with Gasteiger partial charge < -0.3 is 10.2 Å². The molecule has 0 saturated carbocycles. The van der Waals surface area contributed by atoms with E-state index in [2.05, 4.69) is 5.32 Å². The second-order valence-electron chi connectivity index (χ2n) is 7.83. The van der Waals surface area contributed by atoms with Crippen molar-refractivity contribution in [2.75, 3.05) is 26.7 Å². The molecule has 4 rings (SSSR count). The number of aromatic nitrogens is 2. The minimum absolute atomic E-state index is 0.00106. The summed E-state index contributed by atoms with van der Waals surface area (Å²) in [5.41, 5.74) is 3.53. The number of aryl methyl sites for hydroxylation is 1. The number of thiophene rings is 1. The van der Waals surface area contributed by atoms with E-state index in [9.17, 15) is 9.59 Å².